The number of carboxylic acid groups (broad SMARTS) is 1. The van der Waals surface area contributed by atoms with E-state index in [0.717, 1.165) is 0 Å². The van der Waals surface area contributed by atoms with Crippen LogP contribution in [0.25, 0.3) is 17.4 Å². The highest BCUT2D eigenvalue weighted by atomic mass is 32.2. The molecule has 1 aliphatic rings. The molecule has 1 aromatic carbocycles. The van der Waals surface area contributed by atoms with Gasteiger partial charge in [-0.3, -0.25) is 9.69 Å². The fourth-order valence-corrected chi connectivity index (χ4v) is 3.56. The molecule has 1 saturated heterocycles. The molecule has 2 aromatic rings. The number of aromatic carboxylic acids is 1. The van der Waals surface area contributed by atoms with Crippen LogP contribution in [0, 0.1) is 0 Å². The maximum atomic E-state index is 12.3. The van der Waals surface area contributed by atoms with E-state index in [1.807, 2.05) is 0 Å². The molecule has 0 aliphatic carbocycles. The van der Waals surface area contributed by atoms with Crippen molar-refractivity contribution < 1.29 is 19.1 Å². The normalized spacial score (nSPS) is 15.8. The Hall–Kier alpha value is -2.64. The molecule has 0 bridgehead atoms. The highest BCUT2D eigenvalue weighted by Crippen LogP contribution is 2.33. The van der Waals surface area contributed by atoms with E-state index in [-0.39, 0.29) is 11.5 Å². The van der Waals surface area contributed by atoms with Crippen molar-refractivity contribution in [2.75, 3.05) is 6.54 Å². The molecule has 2 heterocycles. The van der Waals surface area contributed by atoms with Crippen molar-refractivity contribution in [3.05, 3.63) is 65.3 Å². The molecule has 1 fully saturated rings. The van der Waals surface area contributed by atoms with Gasteiger partial charge >= 0.3 is 0 Å². The SMILES string of the molecule is C=CCN1C(=O)/C(=C\c2ccc(-c3cccc(C(=O)[O-])c3)o2)SC1=S. The zero-order valence-electron chi connectivity index (χ0n) is 12.9. The lowest BCUT2D eigenvalue weighted by Gasteiger charge is -2.10. The molecule has 0 spiro atoms. The maximum absolute atomic E-state index is 12.3. The van der Waals surface area contributed by atoms with Gasteiger partial charge in [0.1, 0.15) is 15.8 Å². The number of amides is 1. The van der Waals surface area contributed by atoms with Crippen molar-refractivity contribution >= 4 is 46.3 Å². The van der Waals surface area contributed by atoms with Gasteiger partial charge in [0, 0.05) is 18.2 Å². The number of carbonyl (C=O) groups is 2. The monoisotopic (exact) mass is 370 g/mol. The molecule has 126 valence electrons. The first-order chi connectivity index (χ1) is 12.0. The summed E-state index contributed by atoms with van der Waals surface area (Å²) in [6.07, 6.45) is 3.23. The van der Waals surface area contributed by atoms with Crippen LogP contribution < -0.4 is 5.11 Å². The average molecular weight is 370 g/mol. The molecule has 25 heavy (non-hydrogen) atoms. The van der Waals surface area contributed by atoms with Crippen molar-refractivity contribution in [1.29, 1.82) is 0 Å². The van der Waals surface area contributed by atoms with E-state index < -0.39 is 5.97 Å². The van der Waals surface area contributed by atoms with Gasteiger partial charge in [0.2, 0.25) is 0 Å². The third kappa shape index (κ3) is 3.57. The highest BCUT2D eigenvalue weighted by molar-refractivity contribution is 8.26. The van der Waals surface area contributed by atoms with Crippen molar-refractivity contribution in [2.24, 2.45) is 0 Å². The minimum atomic E-state index is -1.25. The summed E-state index contributed by atoms with van der Waals surface area (Å²) in [5, 5.41) is 11.0. The predicted molar refractivity (Wildman–Crippen MR) is 98.6 cm³/mol. The molecule has 0 saturated carbocycles. The Morgan fingerprint density at radius 3 is 2.88 bits per heavy atom. The number of carbonyl (C=O) groups excluding carboxylic acids is 2. The second kappa shape index (κ2) is 7.08. The van der Waals surface area contributed by atoms with Gasteiger partial charge in [-0.1, -0.05) is 48.3 Å². The van der Waals surface area contributed by atoms with Crippen LogP contribution in [0.4, 0.5) is 0 Å². The minimum Gasteiger partial charge on any atom is -0.545 e. The van der Waals surface area contributed by atoms with Gasteiger partial charge in [-0.15, -0.1) is 6.58 Å². The van der Waals surface area contributed by atoms with Gasteiger partial charge in [-0.2, -0.15) is 0 Å². The van der Waals surface area contributed by atoms with Gasteiger partial charge in [-0.25, -0.2) is 0 Å². The molecule has 7 heteroatoms. The Bertz CT molecular complexity index is 913. The van der Waals surface area contributed by atoms with Crippen LogP contribution >= 0.6 is 24.0 Å². The molecule has 1 amide bonds. The fourth-order valence-electron chi connectivity index (χ4n) is 2.30. The zero-order valence-corrected chi connectivity index (χ0v) is 14.6. The van der Waals surface area contributed by atoms with E-state index in [4.69, 9.17) is 16.6 Å². The van der Waals surface area contributed by atoms with Gasteiger partial charge in [0.25, 0.3) is 5.91 Å². The lowest BCUT2D eigenvalue weighted by atomic mass is 10.1. The summed E-state index contributed by atoms with van der Waals surface area (Å²) in [5.41, 5.74) is 0.682. The molecular formula is C18H12NO4S2-. The fraction of sp³-hybridized carbons (Fsp3) is 0.0556. The molecule has 0 N–H and O–H groups in total. The number of rotatable bonds is 5. The van der Waals surface area contributed by atoms with Gasteiger partial charge in [-0.05, 0) is 23.8 Å². The highest BCUT2D eigenvalue weighted by Gasteiger charge is 2.31. The first-order valence-electron chi connectivity index (χ1n) is 7.27. The number of furan rings is 1. The lowest BCUT2D eigenvalue weighted by molar-refractivity contribution is -0.255. The van der Waals surface area contributed by atoms with Crippen LogP contribution in [0.3, 0.4) is 0 Å². The molecule has 1 aromatic heterocycles. The summed E-state index contributed by atoms with van der Waals surface area (Å²) in [4.78, 5) is 25.2. The Morgan fingerprint density at radius 2 is 2.16 bits per heavy atom. The molecule has 3 rings (SSSR count). The second-order valence-corrected chi connectivity index (χ2v) is 6.83. The number of carboxylic acids is 1. The van der Waals surface area contributed by atoms with Crippen LogP contribution in [0.15, 0.2) is 58.4 Å². The average Bonchev–Trinajstić information content (AvgIpc) is 3.16. The van der Waals surface area contributed by atoms with E-state index in [1.165, 1.54) is 28.8 Å². The summed E-state index contributed by atoms with van der Waals surface area (Å²) >= 11 is 6.39. The second-order valence-electron chi connectivity index (χ2n) is 5.15. The van der Waals surface area contributed by atoms with Gasteiger partial charge in [0.15, 0.2) is 0 Å². The quantitative estimate of drug-likeness (QED) is 0.458. The van der Waals surface area contributed by atoms with Crippen LogP contribution in [0.1, 0.15) is 16.1 Å². The Morgan fingerprint density at radius 1 is 1.36 bits per heavy atom. The molecule has 5 nitrogen and oxygen atoms in total. The van der Waals surface area contributed by atoms with E-state index in [1.54, 1.807) is 36.4 Å². The van der Waals surface area contributed by atoms with Crippen LogP contribution in [0.5, 0.6) is 0 Å². The van der Waals surface area contributed by atoms with Crippen LogP contribution in [-0.4, -0.2) is 27.6 Å². The summed E-state index contributed by atoms with van der Waals surface area (Å²) in [7, 11) is 0. The van der Waals surface area contributed by atoms with Crippen molar-refractivity contribution in [1.82, 2.24) is 4.90 Å². The number of hydrogen-bond acceptors (Lipinski definition) is 6. The minimum absolute atomic E-state index is 0.0701. The summed E-state index contributed by atoms with van der Waals surface area (Å²) < 4.78 is 6.18. The molecule has 0 atom stereocenters. The van der Waals surface area contributed by atoms with E-state index >= 15 is 0 Å². The molecular weight excluding hydrogens is 358 g/mol. The maximum Gasteiger partial charge on any atom is 0.266 e. The summed E-state index contributed by atoms with van der Waals surface area (Å²) in [6.45, 7) is 3.97. The van der Waals surface area contributed by atoms with E-state index in [2.05, 4.69) is 6.58 Å². The van der Waals surface area contributed by atoms with Crippen molar-refractivity contribution in [2.45, 2.75) is 0 Å². The van der Waals surface area contributed by atoms with Gasteiger partial charge in [0.05, 0.1) is 10.9 Å². The summed E-state index contributed by atoms with van der Waals surface area (Å²) in [6, 6.07) is 9.70. The van der Waals surface area contributed by atoms with Crippen molar-refractivity contribution in [3.8, 4) is 11.3 Å². The number of hydrogen-bond donors (Lipinski definition) is 0. The first-order valence-corrected chi connectivity index (χ1v) is 8.50. The standard InChI is InChI=1S/C18H13NO4S2/c1-2-8-19-16(20)15(25-18(19)24)10-13-6-7-14(23-13)11-4-3-5-12(9-11)17(21)22/h2-7,9-10H,1,8H2,(H,21,22)/p-1/b15-10+. The number of thiocarbonyl (C=S) groups is 1. The molecule has 0 unspecified atom stereocenters. The number of thioether (sulfide) groups is 1. The third-order valence-electron chi connectivity index (χ3n) is 3.47. The first kappa shape index (κ1) is 17.2. The predicted octanol–water partition coefficient (Wildman–Crippen LogP) is 2.70. The number of benzene rings is 1. The third-order valence-corrected chi connectivity index (χ3v) is 4.85. The Kier molecular flexibility index (Phi) is 4.87. The van der Waals surface area contributed by atoms with E-state index in [0.29, 0.717) is 32.9 Å². The van der Waals surface area contributed by atoms with Crippen LogP contribution in [0.2, 0.25) is 0 Å². The zero-order chi connectivity index (χ0) is 18.0. The van der Waals surface area contributed by atoms with Crippen molar-refractivity contribution in [3.63, 3.8) is 0 Å². The largest absolute Gasteiger partial charge is 0.545 e. The molecule has 1 aliphatic heterocycles. The van der Waals surface area contributed by atoms with Gasteiger partial charge < -0.3 is 14.3 Å². The molecule has 0 radical (unpaired) electrons. The summed E-state index contributed by atoms with van der Waals surface area (Å²) in [5.74, 6) is -0.463. The van der Waals surface area contributed by atoms with E-state index in [9.17, 15) is 14.7 Å². The smallest absolute Gasteiger partial charge is 0.266 e. The lowest BCUT2D eigenvalue weighted by Crippen LogP contribution is -2.27. The Labute approximate surface area is 153 Å². The van der Waals surface area contributed by atoms with Crippen LogP contribution in [-0.2, 0) is 4.79 Å². The topological polar surface area (TPSA) is 73.6 Å². The number of nitrogens with zero attached hydrogens (tertiary/aromatic N) is 1. The Balaban J connectivity index is 1.86.